The van der Waals surface area contributed by atoms with Crippen LogP contribution in [0.1, 0.15) is 56.8 Å². The zero-order valence-corrected chi connectivity index (χ0v) is 32.5. The summed E-state index contributed by atoms with van der Waals surface area (Å²) in [6, 6.07) is 4.87. The number of carbonyl (C=O) groups is 2. The first-order valence-corrected chi connectivity index (χ1v) is 19.8. The quantitative estimate of drug-likeness (QED) is 0.288. The molecule has 2 saturated heterocycles. The minimum Gasteiger partial charge on any atom is -0.491 e. The fourth-order valence-corrected chi connectivity index (χ4v) is 8.65. The van der Waals surface area contributed by atoms with Crippen LogP contribution in [-0.2, 0) is 32.0 Å². The van der Waals surface area contributed by atoms with Crippen LogP contribution in [0.5, 0.6) is 11.5 Å². The highest BCUT2D eigenvalue weighted by Crippen LogP contribution is 2.49. The Morgan fingerprint density at radius 3 is 2.69 bits per heavy atom. The second-order valence-electron chi connectivity index (χ2n) is 15.4. The molecule has 8 rings (SSSR count). The van der Waals surface area contributed by atoms with Crippen LogP contribution in [0, 0.1) is 0 Å². The first kappa shape index (κ1) is 36.7. The SMILES string of the molecule is CO[C@@H](C)c1ncc(N2CCN(C)CC2)cc1-c1c2c3cc(cc4c3n1CCCO4)-c1csc(n1)C[C@H](N)C(=O)N1CCC[C@H](N1)C(=O)OCC(C)(C)O2. The third-order valence-electron chi connectivity index (χ3n) is 10.9. The Balaban J connectivity index is 1.33. The van der Waals surface area contributed by atoms with Crippen molar-refractivity contribution in [2.24, 2.45) is 5.73 Å². The third-order valence-corrected chi connectivity index (χ3v) is 11.7. The molecule has 6 bridgehead atoms. The van der Waals surface area contributed by atoms with E-state index in [1.165, 1.54) is 16.3 Å². The molecular formula is C39H50N8O6S. The summed E-state index contributed by atoms with van der Waals surface area (Å²) in [6.07, 6.45) is 3.87. The van der Waals surface area contributed by atoms with Crippen LogP contribution < -0.4 is 25.5 Å². The number of hydrogen-bond donors (Lipinski definition) is 2. The maximum absolute atomic E-state index is 13.5. The summed E-state index contributed by atoms with van der Waals surface area (Å²) in [7, 11) is 3.85. The molecule has 1 amide bonds. The van der Waals surface area contributed by atoms with Crippen LogP contribution in [0.2, 0.25) is 0 Å². The number of thiazole rings is 1. The number of aryl methyl sites for hydroxylation is 1. The Hall–Kier alpha value is -4.28. The van der Waals surface area contributed by atoms with E-state index in [-0.39, 0.29) is 25.0 Å². The number of ether oxygens (including phenoxy) is 4. The molecular weight excluding hydrogens is 709 g/mol. The number of fused-ring (bicyclic) bond motifs is 6. The molecule has 3 N–H and O–H groups in total. The van der Waals surface area contributed by atoms with E-state index in [4.69, 9.17) is 34.6 Å². The zero-order chi connectivity index (χ0) is 37.7. The number of rotatable bonds is 4. The largest absolute Gasteiger partial charge is 0.491 e. The third kappa shape index (κ3) is 7.03. The number of hydrazine groups is 1. The van der Waals surface area contributed by atoms with Crippen molar-refractivity contribution in [3.8, 4) is 34.0 Å². The molecule has 0 unspecified atom stereocenters. The number of likely N-dealkylation sites (N-methyl/N-ethyl adjacent to an activating group) is 1. The zero-order valence-electron chi connectivity index (χ0n) is 31.7. The molecule has 54 heavy (non-hydrogen) atoms. The highest BCUT2D eigenvalue weighted by atomic mass is 32.1. The van der Waals surface area contributed by atoms with Crippen molar-refractivity contribution < 1.29 is 28.5 Å². The maximum atomic E-state index is 13.5. The van der Waals surface area contributed by atoms with Crippen molar-refractivity contribution in [3.05, 3.63) is 40.5 Å². The van der Waals surface area contributed by atoms with E-state index >= 15 is 0 Å². The van der Waals surface area contributed by atoms with Gasteiger partial charge in [0.25, 0.3) is 5.91 Å². The number of piperazine rings is 1. The predicted molar refractivity (Wildman–Crippen MR) is 207 cm³/mol. The molecule has 288 valence electrons. The van der Waals surface area contributed by atoms with Gasteiger partial charge < -0.3 is 39.0 Å². The molecule has 4 aromatic rings. The summed E-state index contributed by atoms with van der Waals surface area (Å²) < 4.78 is 27.8. The Kier molecular flexibility index (Phi) is 10.0. The molecule has 3 aromatic heterocycles. The number of hydrogen-bond acceptors (Lipinski definition) is 13. The Bertz CT molecular complexity index is 2060. The van der Waals surface area contributed by atoms with Gasteiger partial charge in [-0.15, -0.1) is 11.3 Å². The number of nitrogens with two attached hydrogens (primary N) is 1. The van der Waals surface area contributed by atoms with Crippen molar-refractivity contribution >= 4 is 39.8 Å². The van der Waals surface area contributed by atoms with Crippen LogP contribution in [0.3, 0.4) is 0 Å². The fraction of sp³-hybridized carbons (Fsp3) is 0.538. The van der Waals surface area contributed by atoms with Crippen LogP contribution in [-0.4, -0.2) is 114 Å². The molecule has 0 spiro atoms. The van der Waals surface area contributed by atoms with E-state index < -0.39 is 23.7 Å². The number of esters is 1. The monoisotopic (exact) mass is 758 g/mol. The second-order valence-corrected chi connectivity index (χ2v) is 16.4. The van der Waals surface area contributed by atoms with Gasteiger partial charge in [-0.2, -0.15) is 0 Å². The molecule has 14 nitrogen and oxygen atoms in total. The van der Waals surface area contributed by atoms with Crippen LogP contribution in [0.4, 0.5) is 5.69 Å². The number of methoxy groups -OCH3 is 1. The van der Waals surface area contributed by atoms with Crippen molar-refractivity contribution in [3.63, 3.8) is 0 Å². The Labute approximate surface area is 319 Å². The molecule has 0 aliphatic carbocycles. The van der Waals surface area contributed by atoms with Crippen molar-refractivity contribution in [2.75, 3.05) is 65.0 Å². The number of pyridine rings is 1. The van der Waals surface area contributed by atoms with E-state index in [9.17, 15) is 9.59 Å². The van der Waals surface area contributed by atoms with E-state index in [2.05, 4.69) is 39.0 Å². The summed E-state index contributed by atoms with van der Waals surface area (Å²) in [6.45, 7) is 11.2. The van der Waals surface area contributed by atoms with Gasteiger partial charge in [0.2, 0.25) is 0 Å². The van der Waals surface area contributed by atoms with E-state index in [1.807, 2.05) is 38.4 Å². The average Bonchev–Trinajstić information content (AvgIpc) is 3.69. The summed E-state index contributed by atoms with van der Waals surface area (Å²) in [4.78, 5) is 41.7. The van der Waals surface area contributed by atoms with Gasteiger partial charge in [0.1, 0.15) is 24.0 Å². The molecule has 2 fully saturated rings. The standard InChI is InChI=1S/C39H50N8O6S/c1-23(50-5)33-26(18-25(20-41-33)45-13-11-44(4)12-14-45)35-36-27-16-24(17-31-34(27)46(35)9-7-15-51-31)30-21-54-32(42-30)19-28(40)37(48)47-10-6-8-29(43-47)38(49)52-22-39(2,3)53-36/h16-18,20-21,23,28-29,43H,6-15,19,22,40H2,1-5H3/t23-,28-,29-/m0/s1. The van der Waals surface area contributed by atoms with Crippen molar-refractivity contribution in [1.82, 2.24) is 29.9 Å². The van der Waals surface area contributed by atoms with Gasteiger partial charge in [-0.1, -0.05) is 0 Å². The number of benzene rings is 1. The van der Waals surface area contributed by atoms with E-state index in [1.54, 1.807) is 7.11 Å². The number of nitrogens with zero attached hydrogens (tertiary/aromatic N) is 6. The Morgan fingerprint density at radius 1 is 1.07 bits per heavy atom. The maximum Gasteiger partial charge on any atom is 0.325 e. The van der Waals surface area contributed by atoms with Gasteiger partial charge in [-0.3, -0.25) is 19.6 Å². The molecule has 0 saturated carbocycles. The molecule has 4 aliphatic rings. The number of nitrogens with one attached hydrogen (secondary N) is 1. The smallest absolute Gasteiger partial charge is 0.325 e. The molecule has 7 heterocycles. The van der Waals surface area contributed by atoms with Gasteiger partial charge in [0, 0.05) is 74.7 Å². The van der Waals surface area contributed by atoms with Crippen molar-refractivity contribution in [2.45, 2.75) is 76.8 Å². The number of carbonyl (C=O) groups excluding carboxylic acids is 2. The lowest BCUT2D eigenvalue weighted by Crippen LogP contribution is -2.59. The highest BCUT2D eigenvalue weighted by Gasteiger charge is 2.36. The normalized spacial score (nSPS) is 22.9. The second kappa shape index (κ2) is 14.8. The number of aromatic nitrogens is 3. The number of amides is 1. The molecule has 0 radical (unpaired) electrons. The summed E-state index contributed by atoms with van der Waals surface area (Å²) in [5.41, 5.74) is 14.7. The van der Waals surface area contributed by atoms with Gasteiger partial charge in [0.15, 0.2) is 5.75 Å². The fourth-order valence-electron chi connectivity index (χ4n) is 7.78. The predicted octanol–water partition coefficient (Wildman–Crippen LogP) is 4.15. The highest BCUT2D eigenvalue weighted by molar-refractivity contribution is 7.10. The van der Waals surface area contributed by atoms with Gasteiger partial charge >= 0.3 is 5.97 Å². The van der Waals surface area contributed by atoms with Gasteiger partial charge in [-0.05, 0) is 65.3 Å². The average molecular weight is 759 g/mol. The lowest BCUT2D eigenvalue weighted by molar-refractivity contribution is -0.156. The molecule has 15 heteroatoms. The van der Waals surface area contributed by atoms with Crippen LogP contribution >= 0.6 is 11.3 Å². The number of anilines is 1. The van der Waals surface area contributed by atoms with Gasteiger partial charge in [-0.25, -0.2) is 10.4 Å². The van der Waals surface area contributed by atoms with Crippen LogP contribution in [0.15, 0.2) is 29.8 Å². The van der Waals surface area contributed by atoms with E-state index in [0.717, 1.165) is 88.2 Å². The topological polar surface area (TPSA) is 150 Å². The minimum atomic E-state index is -0.966. The lowest BCUT2D eigenvalue weighted by atomic mass is 10.0. The van der Waals surface area contributed by atoms with Crippen molar-refractivity contribution in [1.29, 1.82) is 0 Å². The number of cyclic esters (lactones) is 1. The summed E-state index contributed by atoms with van der Waals surface area (Å²) in [5, 5.41) is 5.05. The summed E-state index contributed by atoms with van der Waals surface area (Å²) in [5.74, 6) is 0.648. The summed E-state index contributed by atoms with van der Waals surface area (Å²) >= 11 is 1.47. The first-order chi connectivity index (χ1) is 26.0. The molecule has 1 aromatic carbocycles. The minimum absolute atomic E-state index is 0.0248. The molecule has 3 atom stereocenters. The first-order valence-electron chi connectivity index (χ1n) is 18.9. The van der Waals surface area contributed by atoms with E-state index in [0.29, 0.717) is 38.3 Å². The van der Waals surface area contributed by atoms with Gasteiger partial charge in [0.05, 0.1) is 58.2 Å². The van der Waals surface area contributed by atoms with Crippen LogP contribution in [0.25, 0.3) is 33.4 Å². The lowest BCUT2D eigenvalue weighted by Gasteiger charge is -2.35. The molecule has 4 aliphatic heterocycles. The Morgan fingerprint density at radius 2 is 1.89 bits per heavy atom.